The Kier molecular flexibility index (Phi) is 10.8. The summed E-state index contributed by atoms with van der Waals surface area (Å²) in [5.41, 5.74) is 30.1. The van der Waals surface area contributed by atoms with Gasteiger partial charge in [0.25, 0.3) is 0 Å². The monoisotopic (exact) mass is 1080 g/mol. The minimum atomic E-state index is -0.587. The molecule has 16 rings (SSSR count). The molecule has 11 aromatic rings. The molecule has 0 aliphatic heterocycles. The number of benzene rings is 11. The average molecular weight is 1080 g/mol. The molecule has 0 N–H and O–H groups in total. The Bertz CT molecular complexity index is 4590. The first kappa shape index (κ1) is 50.7. The molecule has 0 saturated carbocycles. The Balaban J connectivity index is 1.00. The van der Waals surface area contributed by atoms with E-state index >= 15 is 0 Å². The van der Waals surface area contributed by atoms with E-state index in [1.165, 1.54) is 128 Å². The molecular formula is C83H69N. The molecule has 1 spiro atoms. The molecule has 5 aliphatic rings. The van der Waals surface area contributed by atoms with Crippen LogP contribution in [0, 0.1) is 5.41 Å². The van der Waals surface area contributed by atoms with Crippen LogP contribution in [-0.4, -0.2) is 0 Å². The molecule has 0 amide bonds. The summed E-state index contributed by atoms with van der Waals surface area (Å²) in [5.74, 6) is 0.256. The summed E-state index contributed by atoms with van der Waals surface area (Å²) in [6, 6.07) is 93.6. The summed E-state index contributed by atoms with van der Waals surface area (Å²) in [7, 11) is 0. The summed E-state index contributed by atoms with van der Waals surface area (Å²) in [6.07, 6.45) is 6.17. The van der Waals surface area contributed by atoms with E-state index in [9.17, 15) is 0 Å². The molecule has 1 heteroatoms. The maximum absolute atomic E-state index is 2.64. The normalized spacial score (nSPS) is 18.0. The van der Waals surface area contributed by atoms with Crippen molar-refractivity contribution in [1.82, 2.24) is 0 Å². The molecule has 0 saturated heterocycles. The Morgan fingerprint density at radius 1 is 0.405 bits per heavy atom. The van der Waals surface area contributed by atoms with E-state index in [2.05, 4.69) is 315 Å². The Morgan fingerprint density at radius 3 is 1.60 bits per heavy atom. The first-order valence-corrected chi connectivity index (χ1v) is 30.4. The van der Waals surface area contributed by atoms with Gasteiger partial charge in [-0.05, 0) is 170 Å². The topological polar surface area (TPSA) is 3.24 Å². The van der Waals surface area contributed by atoms with Crippen molar-refractivity contribution >= 4 is 27.8 Å². The lowest BCUT2D eigenvalue weighted by atomic mass is 9.66. The zero-order valence-corrected chi connectivity index (χ0v) is 49.5. The van der Waals surface area contributed by atoms with Crippen LogP contribution in [0.15, 0.2) is 266 Å². The standard InChI is InChI=1S/C83H69N/c1-79(2,3)55-39-44-62-63-45-40-56(80(4,5)6)49-73(63)83(72(62)48-55)70-35-21-18-31-61(70)65-47-42-58(51-75(65)83)84(57-41-46-64-60-30-17-20-34-69(60)82(74(64)50-57,53-25-11-9-12-26-53)54-27-13-10-14-28-54)76-37-22-19-32-66(76)67-33-23-36-71-77(67)68-43-38-52-24-15-16-29-59(52)78(68)81(71,7)8/h9-44,46-51,63H,45H2,1-8H3. The number of nitrogens with zero attached hydrogens (tertiary/aromatic N) is 1. The highest BCUT2D eigenvalue weighted by Gasteiger charge is 2.56. The fourth-order valence-electron chi connectivity index (χ4n) is 16.5. The largest absolute Gasteiger partial charge is 0.310 e. The Morgan fingerprint density at radius 2 is 0.940 bits per heavy atom. The van der Waals surface area contributed by atoms with Crippen LogP contribution in [0.3, 0.4) is 0 Å². The third-order valence-electron chi connectivity index (χ3n) is 20.2. The van der Waals surface area contributed by atoms with Crippen molar-refractivity contribution in [3.05, 3.63) is 327 Å². The van der Waals surface area contributed by atoms with Crippen LogP contribution >= 0.6 is 0 Å². The van der Waals surface area contributed by atoms with Crippen molar-refractivity contribution in [2.75, 3.05) is 4.90 Å². The van der Waals surface area contributed by atoms with Crippen molar-refractivity contribution in [3.63, 3.8) is 0 Å². The van der Waals surface area contributed by atoms with Crippen LogP contribution < -0.4 is 4.90 Å². The van der Waals surface area contributed by atoms with Crippen LogP contribution in [0.25, 0.3) is 55.3 Å². The second-order valence-corrected chi connectivity index (χ2v) is 27.0. The minimum absolute atomic E-state index is 0.0177. The van der Waals surface area contributed by atoms with E-state index in [-0.39, 0.29) is 22.2 Å². The maximum atomic E-state index is 2.64. The second kappa shape index (κ2) is 18.0. The van der Waals surface area contributed by atoms with Gasteiger partial charge in [0.1, 0.15) is 0 Å². The minimum Gasteiger partial charge on any atom is -0.310 e. The van der Waals surface area contributed by atoms with Crippen LogP contribution in [-0.2, 0) is 21.7 Å². The lowest BCUT2D eigenvalue weighted by molar-refractivity contribution is 0.506. The lowest BCUT2D eigenvalue weighted by Gasteiger charge is -2.37. The predicted molar refractivity (Wildman–Crippen MR) is 352 cm³/mol. The van der Waals surface area contributed by atoms with Crippen molar-refractivity contribution in [1.29, 1.82) is 0 Å². The quantitative estimate of drug-likeness (QED) is 0.160. The van der Waals surface area contributed by atoms with Gasteiger partial charge < -0.3 is 4.90 Å². The van der Waals surface area contributed by atoms with Crippen LogP contribution in [0.1, 0.15) is 129 Å². The molecule has 5 aliphatic carbocycles. The van der Waals surface area contributed by atoms with Crippen molar-refractivity contribution in [2.45, 2.75) is 89.4 Å². The van der Waals surface area contributed by atoms with Gasteiger partial charge in [-0.15, -0.1) is 0 Å². The average Bonchev–Trinajstić information content (AvgIpc) is 1.63. The van der Waals surface area contributed by atoms with E-state index in [0.717, 1.165) is 23.5 Å². The molecule has 2 unspecified atom stereocenters. The van der Waals surface area contributed by atoms with Gasteiger partial charge in [-0.2, -0.15) is 0 Å². The van der Waals surface area contributed by atoms with Gasteiger partial charge in [-0.1, -0.05) is 280 Å². The molecule has 84 heavy (non-hydrogen) atoms. The number of fused-ring (bicyclic) bond motifs is 18. The van der Waals surface area contributed by atoms with Crippen molar-refractivity contribution in [3.8, 4) is 44.5 Å². The van der Waals surface area contributed by atoms with E-state index in [0.29, 0.717) is 0 Å². The molecule has 1 nitrogen and oxygen atoms in total. The third kappa shape index (κ3) is 6.90. The predicted octanol–water partition coefficient (Wildman–Crippen LogP) is 21.7. The summed E-state index contributed by atoms with van der Waals surface area (Å²) in [5, 5.41) is 2.61. The summed E-state index contributed by atoms with van der Waals surface area (Å²) >= 11 is 0. The summed E-state index contributed by atoms with van der Waals surface area (Å²) in [6.45, 7) is 19.1. The van der Waals surface area contributed by atoms with E-state index in [4.69, 9.17) is 0 Å². The highest BCUT2D eigenvalue weighted by molar-refractivity contribution is 6.04. The SMILES string of the molecule is CC(C)(C)C1=CCC2C(=C1)C1(c3ccccc3-c3ccc(N(c4ccc5c(c4)C(c4ccccc4)(c4ccccc4)c4ccccc4-5)c4ccccc4-c4cccc5c4-c4ccc6ccccc6c4C5(C)C)cc31)c1cc(C(C)(C)C)ccc12. The number of hydrogen-bond acceptors (Lipinski definition) is 1. The van der Waals surface area contributed by atoms with Gasteiger partial charge in [0.05, 0.1) is 16.5 Å². The van der Waals surface area contributed by atoms with E-state index in [1.54, 1.807) is 0 Å². The van der Waals surface area contributed by atoms with Crippen molar-refractivity contribution in [2.24, 2.45) is 5.41 Å². The van der Waals surface area contributed by atoms with E-state index in [1.807, 2.05) is 0 Å². The van der Waals surface area contributed by atoms with Gasteiger partial charge >= 0.3 is 0 Å². The van der Waals surface area contributed by atoms with Gasteiger partial charge in [-0.3, -0.25) is 0 Å². The van der Waals surface area contributed by atoms with Crippen LogP contribution in [0.4, 0.5) is 17.1 Å². The molecule has 0 heterocycles. The summed E-state index contributed by atoms with van der Waals surface area (Å²) < 4.78 is 0. The zero-order chi connectivity index (χ0) is 57.1. The van der Waals surface area contributed by atoms with Gasteiger partial charge in [0.2, 0.25) is 0 Å². The highest BCUT2D eigenvalue weighted by Crippen LogP contribution is 2.67. The molecular weight excluding hydrogens is 1010 g/mol. The molecule has 11 aromatic carbocycles. The van der Waals surface area contributed by atoms with Crippen molar-refractivity contribution < 1.29 is 0 Å². The lowest BCUT2D eigenvalue weighted by Crippen LogP contribution is -2.29. The summed E-state index contributed by atoms with van der Waals surface area (Å²) in [4.78, 5) is 2.63. The maximum Gasteiger partial charge on any atom is 0.0714 e. The number of para-hydroxylation sites is 1. The van der Waals surface area contributed by atoms with Crippen LogP contribution in [0.2, 0.25) is 0 Å². The molecule has 0 radical (unpaired) electrons. The number of hydrogen-bond donors (Lipinski definition) is 0. The highest BCUT2D eigenvalue weighted by atomic mass is 15.1. The van der Waals surface area contributed by atoms with Gasteiger partial charge in [0.15, 0.2) is 0 Å². The van der Waals surface area contributed by atoms with E-state index < -0.39 is 10.8 Å². The fourth-order valence-corrected chi connectivity index (χ4v) is 16.5. The first-order chi connectivity index (χ1) is 40.7. The molecule has 406 valence electrons. The van der Waals surface area contributed by atoms with Gasteiger partial charge in [-0.25, -0.2) is 0 Å². The smallest absolute Gasteiger partial charge is 0.0714 e. The third-order valence-corrected chi connectivity index (χ3v) is 20.2. The molecule has 0 bridgehead atoms. The second-order valence-electron chi connectivity index (χ2n) is 27.0. The Hall–Kier alpha value is -9.04. The fraction of sp³-hybridized carbons (Fsp3) is 0.181. The zero-order valence-electron chi connectivity index (χ0n) is 49.5. The molecule has 2 atom stereocenters. The number of allylic oxidation sites excluding steroid dienone is 4. The first-order valence-electron chi connectivity index (χ1n) is 30.4. The molecule has 0 aromatic heterocycles. The number of anilines is 3. The Labute approximate surface area is 496 Å². The van der Waals surface area contributed by atoms with Crippen LogP contribution in [0.5, 0.6) is 0 Å². The molecule has 0 fully saturated rings. The number of rotatable bonds is 6. The van der Waals surface area contributed by atoms with Gasteiger partial charge in [0, 0.05) is 28.3 Å².